The average Bonchev–Trinajstić information content (AvgIpc) is 3.20. The van der Waals surface area contributed by atoms with Gasteiger partial charge in [-0.25, -0.2) is 9.97 Å². The number of para-hydroxylation sites is 2. The Morgan fingerprint density at radius 1 is 1.28 bits per heavy atom. The Balaban J connectivity index is 2.08. The first-order valence-corrected chi connectivity index (χ1v) is 6.19. The van der Waals surface area contributed by atoms with Gasteiger partial charge in [0.2, 0.25) is 0 Å². The summed E-state index contributed by atoms with van der Waals surface area (Å²) in [5.41, 5.74) is 7.76. The van der Waals surface area contributed by atoms with Gasteiger partial charge in [0.1, 0.15) is 0 Å². The first-order valence-electron chi connectivity index (χ1n) is 6.19. The summed E-state index contributed by atoms with van der Waals surface area (Å²) >= 11 is 0. The molecule has 0 amide bonds. The predicted molar refractivity (Wildman–Crippen MR) is 74.5 cm³/mol. The zero-order valence-corrected chi connectivity index (χ0v) is 10.2. The zero-order valence-electron chi connectivity index (χ0n) is 10.2. The van der Waals surface area contributed by atoms with Crippen molar-refractivity contribution in [2.24, 2.45) is 0 Å². The number of hydrogen-bond donors (Lipinski definition) is 1. The summed E-state index contributed by atoms with van der Waals surface area (Å²) in [5, 5.41) is 0. The summed E-state index contributed by atoms with van der Waals surface area (Å²) in [6.07, 6.45) is 4.28. The molecule has 4 heteroatoms. The van der Waals surface area contributed by atoms with Crippen LogP contribution in [0.3, 0.4) is 0 Å². The fourth-order valence-electron chi connectivity index (χ4n) is 2.15. The Morgan fingerprint density at radius 3 is 2.56 bits per heavy atom. The molecule has 1 aromatic heterocycles. The summed E-state index contributed by atoms with van der Waals surface area (Å²) in [4.78, 5) is 11.3. The highest BCUT2D eigenvalue weighted by Gasteiger charge is 2.30. The van der Waals surface area contributed by atoms with Crippen molar-refractivity contribution in [1.29, 1.82) is 0 Å². The number of hydrogen-bond acceptors (Lipinski definition) is 4. The van der Waals surface area contributed by atoms with Crippen molar-refractivity contribution < 1.29 is 0 Å². The second kappa shape index (κ2) is 4.29. The highest BCUT2D eigenvalue weighted by molar-refractivity contribution is 5.80. The van der Waals surface area contributed by atoms with E-state index < -0.39 is 0 Å². The van der Waals surface area contributed by atoms with Crippen molar-refractivity contribution in [2.75, 3.05) is 17.2 Å². The lowest BCUT2D eigenvalue weighted by atomic mass is 10.3. The average molecular weight is 240 g/mol. The van der Waals surface area contributed by atoms with Gasteiger partial charge in [0.25, 0.3) is 0 Å². The summed E-state index contributed by atoms with van der Waals surface area (Å²) in [6, 6.07) is 8.34. The number of rotatable bonds is 4. The van der Waals surface area contributed by atoms with E-state index >= 15 is 0 Å². The predicted octanol–water partition coefficient (Wildman–Crippen LogP) is 2.37. The third-order valence-corrected chi connectivity index (χ3v) is 3.16. The number of fused-ring (bicyclic) bond motifs is 1. The molecule has 0 unspecified atom stereocenters. The number of anilines is 2. The fraction of sp³-hybridized carbons (Fsp3) is 0.286. The summed E-state index contributed by atoms with van der Waals surface area (Å²) in [7, 11) is 0. The number of nitrogens with zero attached hydrogens (tertiary/aromatic N) is 3. The molecule has 1 heterocycles. The summed E-state index contributed by atoms with van der Waals surface area (Å²) in [6.45, 7) is 4.56. The molecule has 0 spiro atoms. The molecule has 1 fully saturated rings. The van der Waals surface area contributed by atoms with Crippen LogP contribution < -0.4 is 10.6 Å². The smallest absolute Gasteiger partial charge is 0.172 e. The second-order valence-electron chi connectivity index (χ2n) is 4.59. The summed E-state index contributed by atoms with van der Waals surface area (Å²) < 4.78 is 0. The third-order valence-electron chi connectivity index (χ3n) is 3.16. The molecule has 18 heavy (non-hydrogen) atoms. The molecule has 0 atom stereocenters. The maximum absolute atomic E-state index is 6.03. The monoisotopic (exact) mass is 240 g/mol. The van der Waals surface area contributed by atoms with Crippen LogP contribution in [0.15, 0.2) is 36.9 Å². The SMILES string of the molecule is C=CCN(c1nc2ccccc2nc1N)C1CC1. The van der Waals surface area contributed by atoms with E-state index in [0.29, 0.717) is 11.9 Å². The van der Waals surface area contributed by atoms with Crippen LogP contribution in [-0.4, -0.2) is 22.6 Å². The van der Waals surface area contributed by atoms with Crippen LogP contribution in [0.25, 0.3) is 11.0 Å². The molecular formula is C14H16N4. The van der Waals surface area contributed by atoms with Crippen LogP contribution in [0.5, 0.6) is 0 Å². The van der Waals surface area contributed by atoms with E-state index in [-0.39, 0.29) is 0 Å². The van der Waals surface area contributed by atoms with Crippen molar-refractivity contribution in [2.45, 2.75) is 18.9 Å². The maximum Gasteiger partial charge on any atom is 0.172 e. The van der Waals surface area contributed by atoms with Crippen molar-refractivity contribution in [3.05, 3.63) is 36.9 Å². The largest absolute Gasteiger partial charge is 0.381 e. The van der Waals surface area contributed by atoms with Crippen molar-refractivity contribution >= 4 is 22.7 Å². The van der Waals surface area contributed by atoms with Crippen LogP contribution >= 0.6 is 0 Å². The van der Waals surface area contributed by atoms with E-state index in [9.17, 15) is 0 Å². The van der Waals surface area contributed by atoms with Gasteiger partial charge in [0.15, 0.2) is 11.6 Å². The number of nitrogens with two attached hydrogens (primary N) is 1. The van der Waals surface area contributed by atoms with Gasteiger partial charge in [-0.15, -0.1) is 6.58 Å². The minimum Gasteiger partial charge on any atom is -0.381 e. The topological polar surface area (TPSA) is 55.0 Å². The van der Waals surface area contributed by atoms with Crippen LogP contribution in [0, 0.1) is 0 Å². The molecule has 3 rings (SSSR count). The molecule has 4 nitrogen and oxygen atoms in total. The molecule has 1 aliphatic carbocycles. The molecule has 1 aliphatic rings. The lowest BCUT2D eigenvalue weighted by Gasteiger charge is -2.22. The minimum atomic E-state index is 0.502. The molecule has 0 bridgehead atoms. The number of aromatic nitrogens is 2. The summed E-state index contributed by atoms with van der Waals surface area (Å²) in [5.74, 6) is 1.29. The van der Waals surface area contributed by atoms with Gasteiger partial charge >= 0.3 is 0 Å². The molecule has 0 aliphatic heterocycles. The van der Waals surface area contributed by atoms with Gasteiger partial charge in [-0.3, -0.25) is 0 Å². The molecular weight excluding hydrogens is 224 g/mol. The molecule has 92 valence electrons. The quantitative estimate of drug-likeness (QED) is 0.833. The first-order chi connectivity index (χ1) is 8.79. The van der Waals surface area contributed by atoms with Gasteiger partial charge in [-0.05, 0) is 25.0 Å². The van der Waals surface area contributed by atoms with Gasteiger partial charge in [-0.2, -0.15) is 0 Å². The van der Waals surface area contributed by atoms with Gasteiger partial charge in [0, 0.05) is 12.6 Å². The van der Waals surface area contributed by atoms with Crippen molar-refractivity contribution in [3.8, 4) is 0 Å². The standard InChI is InChI=1S/C14H16N4/c1-2-9-18(10-7-8-10)14-13(15)16-11-5-3-4-6-12(11)17-14/h2-6,10H,1,7-9H2,(H2,15,16). The maximum atomic E-state index is 6.03. The van der Waals surface area contributed by atoms with E-state index in [1.165, 1.54) is 12.8 Å². The van der Waals surface area contributed by atoms with E-state index in [0.717, 1.165) is 23.4 Å². The second-order valence-corrected chi connectivity index (χ2v) is 4.59. The lowest BCUT2D eigenvalue weighted by molar-refractivity contribution is 0.843. The minimum absolute atomic E-state index is 0.502. The number of nitrogen functional groups attached to an aromatic ring is 1. The Kier molecular flexibility index (Phi) is 2.63. The Hall–Kier alpha value is -2.10. The highest BCUT2D eigenvalue weighted by atomic mass is 15.3. The molecule has 0 saturated heterocycles. The van der Waals surface area contributed by atoms with Crippen molar-refractivity contribution in [1.82, 2.24) is 9.97 Å². The van der Waals surface area contributed by atoms with Gasteiger partial charge in [0.05, 0.1) is 11.0 Å². The van der Waals surface area contributed by atoms with E-state index in [1.807, 2.05) is 30.3 Å². The van der Waals surface area contributed by atoms with E-state index in [2.05, 4.69) is 21.4 Å². The Morgan fingerprint density at radius 2 is 1.94 bits per heavy atom. The molecule has 2 N–H and O–H groups in total. The van der Waals surface area contributed by atoms with Gasteiger partial charge in [-0.1, -0.05) is 18.2 Å². The Bertz CT molecular complexity index is 589. The van der Waals surface area contributed by atoms with Crippen LogP contribution in [0.1, 0.15) is 12.8 Å². The zero-order chi connectivity index (χ0) is 12.5. The van der Waals surface area contributed by atoms with Crippen LogP contribution in [0.2, 0.25) is 0 Å². The highest BCUT2D eigenvalue weighted by Crippen LogP contribution is 2.33. The fourth-order valence-corrected chi connectivity index (χ4v) is 2.15. The van der Waals surface area contributed by atoms with E-state index in [1.54, 1.807) is 0 Å². The van der Waals surface area contributed by atoms with Crippen LogP contribution in [0.4, 0.5) is 11.6 Å². The normalized spacial score (nSPS) is 14.7. The van der Waals surface area contributed by atoms with Crippen LogP contribution in [-0.2, 0) is 0 Å². The molecule has 2 aromatic rings. The molecule has 1 aromatic carbocycles. The number of benzene rings is 1. The third kappa shape index (κ3) is 1.90. The molecule has 0 radical (unpaired) electrons. The van der Waals surface area contributed by atoms with Crippen molar-refractivity contribution in [3.63, 3.8) is 0 Å². The Labute approximate surface area is 106 Å². The first kappa shape index (κ1) is 11.0. The molecule has 1 saturated carbocycles. The van der Waals surface area contributed by atoms with Gasteiger partial charge < -0.3 is 10.6 Å². The van der Waals surface area contributed by atoms with E-state index in [4.69, 9.17) is 5.73 Å². The lowest BCUT2D eigenvalue weighted by Crippen LogP contribution is -2.27.